The van der Waals surface area contributed by atoms with Crippen LogP contribution in [0, 0.1) is 0 Å². The Morgan fingerprint density at radius 1 is 0.641 bits per heavy atom. The Morgan fingerprint density at radius 3 is 1.28 bits per heavy atom. The molecule has 0 aromatic carbocycles. The fourth-order valence-corrected chi connectivity index (χ4v) is 3.73. The Labute approximate surface area is 222 Å². The number of hydrogen-bond donors (Lipinski definition) is 8. The Balaban J connectivity index is 2.15. The minimum Gasteiger partial charge on any atom is -0.464 e. The quantitative estimate of drug-likeness (QED) is 0.114. The molecule has 0 aliphatic carbocycles. The van der Waals surface area contributed by atoms with Gasteiger partial charge in [-0.05, 0) is 27.7 Å². The van der Waals surface area contributed by atoms with Crippen LogP contribution in [0.25, 0.3) is 0 Å². The molecule has 2 aliphatic rings. The summed E-state index contributed by atoms with van der Waals surface area (Å²) in [6, 6.07) is -2.35. The molecule has 39 heavy (non-hydrogen) atoms. The number of aliphatic hydroxyl groups excluding tert-OH is 6. The van der Waals surface area contributed by atoms with Crippen molar-refractivity contribution in [3.05, 3.63) is 0 Å². The molecule has 2 saturated heterocycles. The second-order valence-electron chi connectivity index (χ2n) is 8.89. The maximum absolute atomic E-state index is 12.6. The third kappa shape index (κ3) is 7.80. The van der Waals surface area contributed by atoms with Crippen molar-refractivity contribution < 1.29 is 73.5 Å². The number of carbonyl (C=O) groups excluding carboxylic acids is 4. The van der Waals surface area contributed by atoms with E-state index in [-0.39, 0.29) is 13.2 Å². The van der Waals surface area contributed by atoms with E-state index in [1.807, 2.05) is 0 Å². The lowest BCUT2D eigenvalue weighted by molar-refractivity contribution is -0.366. The highest BCUT2D eigenvalue weighted by molar-refractivity contribution is 5.88. The lowest BCUT2D eigenvalue weighted by Gasteiger charge is -2.44. The van der Waals surface area contributed by atoms with Crippen molar-refractivity contribution in [2.24, 2.45) is 0 Å². The molecule has 2 fully saturated rings. The van der Waals surface area contributed by atoms with E-state index < -0.39 is 97.2 Å². The zero-order valence-electron chi connectivity index (χ0n) is 21.7. The summed E-state index contributed by atoms with van der Waals surface area (Å²) in [5.41, 5.74) is 0. The van der Waals surface area contributed by atoms with E-state index >= 15 is 0 Å². The van der Waals surface area contributed by atoms with Crippen LogP contribution < -0.4 is 10.6 Å². The van der Waals surface area contributed by atoms with Gasteiger partial charge in [-0.1, -0.05) is 0 Å². The summed E-state index contributed by atoms with van der Waals surface area (Å²) in [7, 11) is 0. The number of hydrogen-bond acceptors (Lipinski definition) is 15. The van der Waals surface area contributed by atoms with Crippen LogP contribution in [0.3, 0.4) is 0 Å². The molecule has 2 aliphatic heterocycles. The molecular formula is C22H36N2O15. The van der Waals surface area contributed by atoms with Crippen LogP contribution in [0.2, 0.25) is 0 Å². The van der Waals surface area contributed by atoms with Crippen molar-refractivity contribution in [3.63, 3.8) is 0 Å². The minimum absolute atomic E-state index is 0.0352. The second-order valence-corrected chi connectivity index (χ2v) is 8.89. The van der Waals surface area contributed by atoms with Gasteiger partial charge in [0.25, 0.3) is 11.8 Å². The number of ether oxygens (including phenoxy) is 5. The van der Waals surface area contributed by atoms with Gasteiger partial charge in [-0.3, -0.25) is 9.59 Å². The summed E-state index contributed by atoms with van der Waals surface area (Å²) in [6.45, 7) is 5.75. The lowest BCUT2D eigenvalue weighted by Crippen LogP contribution is -2.66. The van der Waals surface area contributed by atoms with Gasteiger partial charge in [0, 0.05) is 0 Å². The zero-order chi connectivity index (χ0) is 29.6. The third-order valence-corrected chi connectivity index (χ3v) is 5.92. The average molecular weight is 569 g/mol. The van der Waals surface area contributed by atoms with Gasteiger partial charge in [-0.25, -0.2) is 9.59 Å². The summed E-state index contributed by atoms with van der Waals surface area (Å²) in [5.74, 6) is -3.77. The fraction of sp³-hybridized carbons (Fsp3) is 0.818. The van der Waals surface area contributed by atoms with Crippen LogP contribution in [0.1, 0.15) is 27.7 Å². The molecule has 0 aromatic heterocycles. The molecule has 17 nitrogen and oxygen atoms in total. The molecule has 0 bridgehead atoms. The maximum Gasteiger partial charge on any atom is 0.328 e. The highest BCUT2D eigenvalue weighted by Crippen LogP contribution is 2.28. The first kappa shape index (κ1) is 32.7. The highest BCUT2D eigenvalue weighted by Gasteiger charge is 2.52. The molecule has 17 heteroatoms. The predicted octanol–water partition coefficient (Wildman–Crippen LogP) is -5.25. The Kier molecular flexibility index (Phi) is 12.0. The van der Waals surface area contributed by atoms with E-state index in [1.54, 1.807) is 13.8 Å². The topological polar surface area (TPSA) is 260 Å². The average Bonchev–Trinajstić information content (AvgIpc) is 2.88. The first-order valence-electron chi connectivity index (χ1n) is 12.2. The van der Waals surface area contributed by atoms with Crippen LogP contribution in [-0.4, -0.2) is 141 Å². The summed E-state index contributed by atoms with van der Waals surface area (Å²) >= 11 is 0. The monoisotopic (exact) mass is 568 g/mol. The second kappa shape index (κ2) is 14.2. The van der Waals surface area contributed by atoms with E-state index in [9.17, 15) is 49.8 Å². The van der Waals surface area contributed by atoms with Gasteiger partial charge in [-0.2, -0.15) is 0 Å². The van der Waals surface area contributed by atoms with Crippen molar-refractivity contribution in [1.29, 1.82) is 0 Å². The van der Waals surface area contributed by atoms with Gasteiger partial charge in [0.1, 0.15) is 48.7 Å². The lowest BCUT2D eigenvalue weighted by atomic mass is 9.97. The smallest absolute Gasteiger partial charge is 0.328 e. The molecule has 1 unspecified atom stereocenters. The standard InChI is InChI=1S/C22H36N2O15/c1-5-35-19(33)7(3)23-17(31)15-11(27)9(25)13(29)21(37-15)39-22-14(30)10(26)12(28)16(38-22)18(32)24-8(4)20(34)36-6-2/h7-16,21-22,25-30H,5-6H2,1-4H3,(H,23,31)(H,24,32)/t7-,8+,9+,10-,11-,12-,13+,14+,15-,16-,21+,22?/m0/s1. The largest absolute Gasteiger partial charge is 0.464 e. The van der Waals surface area contributed by atoms with Crippen molar-refractivity contribution >= 4 is 23.8 Å². The van der Waals surface area contributed by atoms with E-state index in [1.165, 1.54) is 13.8 Å². The molecule has 2 rings (SSSR count). The number of nitrogens with one attached hydrogen (secondary N) is 2. The van der Waals surface area contributed by atoms with Crippen LogP contribution in [0.4, 0.5) is 0 Å². The number of esters is 2. The van der Waals surface area contributed by atoms with Crippen LogP contribution >= 0.6 is 0 Å². The highest BCUT2D eigenvalue weighted by atomic mass is 16.8. The fourth-order valence-electron chi connectivity index (χ4n) is 3.73. The van der Waals surface area contributed by atoms with Gasteiger partial charge in [-0.15, -0.1) is 0 Å². The summed E-state index contributed by atoms with van der Waals surface area (Å²) in [4.78, 5) is 48.9. The summed E-state index contributed by atoms with van der Waals surface area (Å²) in [6.07, 6.45) is -19.8. The molecule has 0 aromatic rings. The van der Waals surface area contributed by atoms with Crippen LogP contribution in [0.15, 0.2) is 0 Å². The first-order valence-corrected chi connectivity index (χ1v) is 12.2. The molecule has 2 heterocycles. The summed E-state index contributed by atoms with van der Waals surface area (Å²) < 4.78 is 25.4. The van der Waals surface area contributed by atoms with Gasteiger partial charge < -0.3 is 65.0 Å². The zero-order valence-corrected chi connectivity index (χ0v) is 21.7. The van der Waals surface area contributed by atoms with Crippen molar-refractivity contribution in [2.75, 3.05) is 13.2 Å². The third-order valence-electron chi connectivity index (χ3n) is 5.92. The summed E-state index contributed by atoms with van der Waals surface area (Å²) in [5, 5.41) is 66.1. The molecule has 0 spiro atoms. The normalized spacial score (nSPS) is 36.3. The minimum atomic E-state index is -2.03. The maximum atomic E-state index is 12.6. The van der Waals surface area contributed by atoms with Gasteiger partial charge in [0.05, 0.1) is 13.2 Å². The first-order chi connectivity index (χ1) is 18.2. The molecule has 12 atom stereocenters. The van der Waals surface area contributed by atoms with Gasteiger partial charge in [0.15, 0.2) is 24.8 Å². The van der Waals surface area contributed by atoms with Crippen LogP contribution in [0.5, 0.6) is 0 Å². The molecule has 0 radical (unpaired) electrons. The van der Waals surface area contributed by atoms with Crippen molar-refractivity contribution in [1.82, 2.24) is 10.6 Å². The van der Waals surface area contributed by atoms with E-state index in [4.69, 9.17) is 23.7 Å². The molecule has 8 N–H and O–H groups in total. The molecule has 0 saturated carbocycles. The predicted molar refractivity (Wildman–Crippen MR) is 123 cm³/mol. The Bertz CT molecular complexity index is 806. The molecule has 224 valence electrons. The number of amides is 2. The van der Waals surface area contributed by atoms with Crippen molar-refractivity contribution in [2.45, 2.75) is 101 Å². The SMILES string of the molecule is CCOC(=O)[C@H](C)NC(=O)[C@H]1O[C@H](OC2O[C@H](C(=O)N[C@H](C)C(=O)OCC)[C@@H](O)[C@H](O)[C@H]2O)[C@H](O)[C@H](O)[C@@H]1O. The van der Waals surface area contributed by atoms with E-state index in [2.05, 4.69) is 10.6 Å². The van der Waals surface area contributed by atoms with Gasteiger partial charge in [0.2, 0.25) is 0 Å². The Morgan fingerprint density at radius 2 is 0.974 bits per heavy atom. The molecular weight excluding hydrogens is 532 g/mol. The number of aliphatic hydroxyl groups is 6. The number of rotatable bonds is 10. The van der Waals surface area contributed by atoms with E-state index in [0.29, 0.717) is 0 Å². The van der Waals surface area contributed by atoms with Crippen LogP contribution in [-0.2, 0) is 42.9 Å². The molecule has 2 amide bonds. The van der Waals surface area contributed by atoms with Crippen molar-refractivity contribution in [3.8, 4) is 0 Å². The van der Waals surface area contributed by atoms with Gasteiger partial charge >= 0.3 is 11.9 Å². The van der Waals surface area contributed by atoms with E-state index in [0.717, 1.165) is 0 Å². The Hall–Kier alpha value is -2.48. The number of carbonyl (C=O) groups is 4.